The lowest BCUT2D eigenvalue weighted by Crippen LogP contribution is -2.14. The third-order valence-corrected chi connectivity index (χ3v) is 5.38. The van der Waals surface area contributed by atoms with E-state index in [4.69, 9.17) is 0 Å². The smallest absolute Gasteiger partial charge is 0.257 e. The zero-order valence-corrected chi connectivity index (χ0v) is 16.3. The molecule has 9 heteroatoms. The first-order valence-electron chi connectivity index (χ1n) is 7.96. The van der Waals surface area contributed by atoms with Crippen LogP contribution in [0.25, 0.3) is 0 Å². The fourth-order valence-corrected chi connectivity index (χ4v) is 3.95. The Morgan fingerprint density at radius 1 is 1.24 bits per heavy atom. The predicted octanol–water partition coefficient (Wildman–Crippen LogP) is 3.37. The number of nitrogens with zero attached hydrogens (tertiary/aromatic N) is 2. The number of aryl methyl sites for hydroxylation is 1. The average molecular weight is 383 g/mol. The van der Waals surface area contributed by atoms with Crippen LogP contribution in [-0.4, -0.2) is 30.8 Å². The van der Waals surface area contributed by atoms with Gasteiger partial charge < -0.3 is 0 Å². The molecule has 25 heavy (non-hydrogen) atoms. The van der Waals surface area contributed by atoms with E-state index in [-0.39, 0.29) is 5.91 Å². The predicted molar refractivity (Wildman–Crippen MR) is 101 cm³/mol. The maximum Gasteiger partial charge on any atom is 0.257 e. The van der Waals surface area contributed by atoms with Crippen molar-refractivity contribution >= 4 is 38.1 Å². The molecule has 1 amide bonds. The van der Waals surface area contributed by atoms with Crippen molar-refractivity contribution in [2.45, 2.75) is 39.5 Å². The zero-order valence-electron chi connectivity index (χ0n) is 14.7. The molecule has 0 saturated carbocycles. The maximum absolute atomic E-state index is 12.4. The molecule has 0 aliphatic heterocycles. The molecule has 0 bridgehead atoms. The number of benzene rings is 1. The molecule has 0 saturated heterocycles. The number of anilines is 2. The molecule has 136 valence electrons. The van der Waals surface area contributed by atoms with Crippen molar-refractivity contribution in [3.8, 4) is 0 Å². The molecule has 1 aromatic heterocycles. The second-order valence-corrected chi connectivity index (χ2v) is 8.57. The van der Waals surface area contributed by atoms with E-state index in [1.807, 2.05) is 0 Å². The van der Waals surface area contributed by atoms with Crippen molar-refractivity contribution in [2.75, 3.05) is 16.3 Å². The molecule has 0 aliphatic carbocycles. The lowest BCUT2D eigenvalue weighted by molar-refractivity contribution is 0.102. The van der Waals surface area contributed by atoms with E-state index in [0.717, 1.165) is 29.7 Å². The second kappa shape index (κ2) is 7.92. The summed E-state index contributed by atoms with van der Waals surface area (Å²) in [5, 5.41) is 12.2. The second-order valence-electron chi connectivity index (χ2n) is 5.82. The van der Waals surface area contributed by atoms with Gasteiger partial charge in [0.25, 0.3) is 5.91 Å². The van der Waals surface area contributed by atoms with Gasteiger partial charge in [-0.05, 0) is 37.5 Å². The Labute approximate surface area is 151 Å². The number of hydrogen-bond donors (Lipinski definition) is 2. The Kier molecular flexibility index (Phi) is 6.12. The zero-order chi connectivity index (χ0) is 18.6. The molecule has 0 unspecified atom stereocenters. The van der Waals surface area contributed by atoms with Crippen LogP contribution in [0.3, 0.4) is 0 Å². The third kappa shape index (κ3) is 5.23. The van der Waals surface area contributed by atoms with Crippen molar-refractivity contribution in [3.63, 3.8) is 0 Å². The Morgan fingerprint density at radius 2 is 1.92 bits per heavy atom. The molecule has 0 atom stereocenters. The molecule has 1 heterocycles. The van der Waals surface area contributed by atoms with E-state index < -0.39 is 10.0 Å². The van der Waals surface area contributed by atoms with E-state index in [0.29, 0.717) is 22.3 Å². The van der Waals surface area contributed by atoms with Gasteiger partial charge in [-0.2, -0.15) is 0 Å². The number of sulfonamides is 1. The van der Waals surface area contributed by atoms with Gasteiger partial charge in [-0.25, -0.2) is 8.42 Å². The summed E-state index contributed by atoms with van der Waals surface area (Å²) in [7, 11) is -3.42. The van der Waals surface area contributed by atoms with Crippen LogP contribution < -0.4 is 10.0 Å². The van der Waals surface area contributed by atoms with Gasteiger partial charge in [0.05, 0.1) is 11.9 Å². The SMILES string of the molecule is CCC(CC)c1nnc(NC(=O)c2ccc(C)c(NS(C)(=O)=O)c2)s1. The summed E-state index contributed by atoms with van der Waals surface area (Å²) in [5.74, 6) is -0.0168. The minimum absolute atomic E-state index is 0.341. The summed E-state index contributed by atoms with van der Waals surface area (Å²) >= 11 is 1.36. The number of nitrogens with one attached hydrogen (secondary N) is 2. The van der Waals surface area contributed by atoms with Crippen LogP contribution in [-0.2, 0) is 10.0 Å². The highest BCUT2D eigenvalue weighted by molar-refractivity contribution is 7.92. The third-order valence-electron chi connectivity index (χ3n) is 3.79. The van der Waals surface area contributed by atoms with Gasteiger partial charge >= 0.3 is 0 Å². The van der Waals surface area contributed by atoms with Crippen LogP contribution in [0, 0.1) is 6.92 Å². The van der Waals surface area contributed by atoms with E-state index >= 15 is 0 Å². The number of rotatable bonds is 7. The molecule has 0 radical (unpaired) electrons. The molecule has 0 aliphatic rings. The Morgan fingerprint density at radius 3 is 2.52 bits per heavy atom. The van der Waals surface area contributed by atoms with Crippen LogP contribution in [0.4, 0.5) is 10.8 Å². The number of hydrogen-bond acceptors (Lipinski definition) is 6. The number of carbonyl (C=O) groups excluding carboxylic acids is 1. The van der Waals surface area contributed by atoms with Crippen molar-refractivity contribution in [1.29, 1.82) is 0 Å². The fourth-order valence-electron chi connectivity index (χ4n) is 2.33. The van der Waals surface area contributed by atoms with Gasteiger partial charge in [0, 0.05) is 11.5 Å². The van der Waals surface area contributed by atoms with Crippen LogP contribution in [0.5, 0.6) is 0 Å². The summed E-state index contributed by atoms with van der Waals surface area (Å²) in [4.78, 5) is 12.4. The highest BCUT2D eigenvalue weighted by Crippen LogP contribution is 2.28. The summed E-state index contributed by atoms with van der Waals surface area (Å²) in [6.07, 6.45) is 3.01. The lowest BCUT2D eigenvalue weighted by atomic mass is 10.1. The molecule has 0 spiro atoms. The van der Waals surface area contributed by atoms with E-state index in [1.54, 1.807) is 19.1 Å². The molecule has 2 rings (SSSR count). The van der Waals surface area contributed by atoms with E-state index in [9.17, 15) is 13.2 Å². The highest BCUT2D eigenvalue weighted by atomic mass is 32.2. The molecular formula is C16H22N4O3S2. The maximum atomic E-state index is 12.4. The highest BCUT2D eigenvalue weighted by Gasteiger charge is 2.16. The van der Waals surface area contributed by atoms with Gasteiger partial charge in [0.1, 0.15) is 5.01 Å². The summed E-state index contributed by atoms with van der Waals surface area (Å²) in [6, 6.07) is 4.84. The quantitative estimate of drug-likeness (QED) is 0.764. The largest absolute Gasteiger partial charge is 0.296 e. The standard InChI is InChI=1S/C16H22N4O3S2/c1-5-11(6-2)15-18-19-16(24-15)17-14(21)12-8-7-10(3)13(9-12)20-25(4,22)23/h7-9,11,20H,5-6H2,1-4H3,(H,17,19,21). The van der Waals surface area contributed by atoms with Gasteiger partial charge in [-0.15, -0.1) is 10.2 Å². The normalized spacial score (nSPS) is 11.6. The van der Waals surface area contributed by atoms with Crippen LogP contribution >= 0.6 is 11.3 Å². The average Bonchev–Trinajstić information content (AvgIpc) is 2.97. The minimum Gasteiger partial charge on any atom is -0.296 e. The van der Waals surface area contributed by atoms with Crippen molar-refractivity contribution < 1.29 is 13.2 Å². The molecule has 1 aromatic carbocycles. The summed E-state index contributed by atoms with van der Waals surface area (Å²) < 4.78 is 25.3. The van der Waals surface area contributed by atoms with Gasteiger partial charge in [-0.3, -0.25) is 14.8 Å². The number of carbonyl (C=O) groups is 1. The summed E-state index contributed by atoms with van der Waals surface area (Å²) in [6.45, 7) is 5.95. The first kappa shape index (κ1) is 19.3. The summed E-state index contributed by atoms with van der Waals surface area (Å²) in [5.41, 5.74) is 1.45. The van der Waals surface area contributed by atoms with Crippen molar-refractivity contribution in [3.05, 3.63) is 34.3 Å². The van der Waals surface area contributed by atoms with Crippen molar-refractivity contribution in [2.24, 2.45) is 0 Å². The molecule has 7 nitrogen and oxygen atoms in total. The van der Waals surface area contributed by atoms with Gasteiger partial charge in [0.2, 0.25) is 15.2 Å². The van der Waals surface area contributed by atoms with Gasteiger partial charge in [-0.1, -0.05) is 31.3 Å². The minimum atomic E-state index is -3.42. The Bertz CT molecular complexity index is 858. The Hall–Kier alpha value is -2.00. The molecular weight excluding hydrogens is 360 g/mol. The van der Waals surface area contributed by atoms with Crippen LogP contribution in [0.1, 0.15) is 53.5 Å². The van der Waals surface area contributed by atoms with Crippen LogP contribution in [0.15, 0.2) is 18.2 Å². The lowest BCUT2D eigenvalue weighted by Gasteiger charge is -2.09. The van der Waals surface area contributed by atoms with Crippen LogP contribution in [0.2, 0.25) is 0 Å². The molecule has 2 aromatic rings. The van der Waals surface area contributed by atoms with Gasteiger partial charge in [0.15, 0.2) is 0 Å². The first-order chi connectivity index (χ1) is 11.7. The molecule has 0 fully saturated rings. The first-order valence-corrected chi connectivity index (χ1v) is 10.7. The Balaban J connectivity index is 2.17. The topological polar surface area (TPSA) is 101 Å². The molecule has 2 N–H and O–H groups in total. The van der Waals surface area contributed by atoms with Crippen molar-refractivity contribution in [1.82, 2.24) is 10.2 Å². The monoisotopic (exact) mass is 382 g/mol. The fraction of sp³-hybridized carbons (Fsp3) is 0.438. The number of aromatic nitrogens is 2. The van der Waals surface area contributed by atoms with E-state index in [2.05, 4.69) is 34.1 Å². The van der Waals surface area contributed by atoms with E-state index in [1.165, 1.54) is 17.4 Å². The number of amides is 1.